The number of piperidine rings is 1. The number of hydrogen-bond donors (Lipinski definition) is 2. The van der Waals surface area contributed by atoms with Gasteiger partial charge in [-0.05, 0) is 48.9 Å². The summed E-state index contributed by atoms with van der Waals surface area (Å²) >= 11 is 0. The van der Waals surface area contributed by atoms with E-state index in [1.165, 1.54) is 5.56 Å². The van der Waals surface area contributed by atoms with Gasteiger partial charge in [-0.15, -0.1) is 0 Å². The molecule has 0 atom stereocenters. The van der Waals surface area contributed by atoms with Gasteiger partial charge in [-0.3, -0.25) is 0 Å². The third-order valence-corrected chi connectivity index (χ3v) is 5.99. The molecule has 2 heterocycles. The monoisotopic (exact) mass is 416 g/mol. The van der Waals surface area contributed by atoms with Gasteiger partial charge in [0.1, 0.15) is 5.69 Å². The van der Waals surface area contributed by atoms with Gasteiger partial charge >= 0.3 is 0 Å². The number of nitrogens with two attached hydrogens (primary N) is 1. The van der Waals surface area contributed by atoms with Gasteiger partial charge in [0.2, 0.25) is 5.88 Å². The van der Waals surface area contributed by atoms with Crippen molar-refractivity contribution in [3.05, 3.63) is 65.9 Å². The second kappa shape index (κ2) is 10.0. The van der Waals surface area contributed by atoms with E-state index in [9.17, 15) is 0 Å². The van der Waals surface area contributed by atoms with E-state index in [1.807, 2.05) is 12.1 Å². The Labute approximate surface area is 185 Å². The standard InChI is InChI=1S/C26H32N4O/c1-18(2)21-7-9-23(10-8-21)26-25(22-5-3-19(15-27)4-6-22)29-16-24(30-26)31-17-20-11-13-28-14-12-20/h3-10,16,18,20,28H,11-15,17,27H2,1-2H3. The summed E-state index contributed by atoms with van der Waals surface area (Å²) in [5.41, 5.74) is 11.9. The molecule has 0 amide bonds. The molecule has 5 nitrogen and oxygen atoms in total. The minimum absolute atomic E-state index is 0.489. The molecule has 3 N–H and O–H groups in total. The largest absolute Gasteiger partial charge is 0.476 e. The smallest absolute Gasteiger partial charge is 0.232 e. The summed E-state index contributed by atoms with van der Waals surface area (Å²) in [5, 5.41) is 3.40. The molecular weight excluding hydrogens is 384 g/mol. The van der Waals surface area contributed by atoms with Crippen LogP contribution in [-0.4, -0.2) is 29.7 Å². The summed E-state index contributed by atoms with van der Waals surface area (Å²) in [7, 11) is 0. The first-order valence-corrected chi connectivity index (χ1v) is 11.2. The van der Waals surface area contributed by atoms with Crippen molar-refractivity contribution in [2.75, 3.05) is 19.7 Å². The maximum Gasteiger partial charge on any atom is 0.232 e. The fourth-order valence-electron chi connectivity index (χ4n) is 3.93. The van der Waals surface area contributed by atoms with Crippen molar-refractivity contribution in [3.63, 3.8) is 0 Å². The van der Waals surface area contributed by atoms with Crippen molar-refractivity contribution in [1.82, 2.24) is 15.3 Å². The first kappa shape index (κ1) is 21.5. The molecule has 162 valence electrons. The number of hydrogen-bond acceptors (Lipinski definition) is 5. The molecule has 0 aliphatic carbocycles. The molecule has 0 radical (unpaired) electrons. The molecule has 1 aliphatic rings. The van der Waals surface area contributed by atoms with E-state index in [2.05, 4.69) is 55.6 Å². The zero-order chi connectivity index (χ0) is 21.6. The predicted molar refractivity (Wildman–Crippen MR) is 126 cm³/mol. The van der Waals surface area contributed by atoms with Crippen molar-refractivity contribution in [2.45, 2.75) is 39.2 Å². The SMILES string of the molecule is CC(C)c1ccc(-c2nc(OCC3CCNCC3)cnc2-c2ccc(CN)cc2)cc1. The lowest BCUT2D eigenvalue weighted by atomic mass is 9.98. The van der Waals surface area contributed by atoms with Crippen LogP contribution < -0.4 is 15.8 Å². The molecule has 0 unspecified atom stereocenters. The van der Waals surface area contributed by atoms with Crippen molar-refractivity contribution >= 4 is 0 Å². The van der Waals surface area contributed by atoms with E-state index in [-0.39, 0.29) is 0 Å². The Hall–Kier alpha value is -2.76. The Kier molecular flexibility index (Phi) is 6.95. The van der Waals surface area contributed by atoms with Crippen molar-refractivity contribution in [2.24, 2.45) is 11.7 Å². The normalized spacial score (nSPS) is 14.7. The van der Waals surface area contributed by atoms with Crippen LogP contribution in [0.3, 0.4) is 0 Å². The van der Waals surface area contributed by atoms with Crippen molar-refractivity contribution in [1.29, 1.82) is 0 Å². The van der Waals surface area contributed by atoms with Gasteiger partial charge < -0.3 is 15.8 Å². The molecule has 0 saturated carbocycles. The van der Waals surface area contributed by atoms with Crippen molar-refractivity contribution in [3.8, 4) is 28.4 Å². The summed E-state index contributed by atoms with van der Waals surface area (Å²) in [6.07, 6.45) is 4.03. The lowest BCUT2D eigenvalue weighted by Crippen LogP contribution is -2.30. The van der Waals surface area contributed by atoms with Crippen LogP contribution in [0.15, 0.2) is 54.7 Å². The van der Waals surface area contributed by atoms with Gasteiger partial charge in [0.25, 0.3) is 0 Å². The highest BCUT2D eigenvalue weighted by Gasteiger charge is 2.17. The second-order valence-corrected chi connectivity index (χ2v) is 8.59. The Morgan fingerprint density at radius 2 is 1.61 bits per heavy atom. The Bertz CT molecular complexity index is 977. The lowest BCUT2D eigenvalue weighted by Gasteiger charge is -2.22. The molecule has 5 heteroatoms. The first-order chi connectivity index (χ1) is 15.1. The van der Waals surface area contributed by atoms with E-state index < -0.39 is 0 Å². The maximum atomic E-state index is 6.08. The average Bonchev–Trinajstić information content (AvgIpc) is 2.83. The van der Waals surface area contributed by atoms with Crippen LogP contribution in [0.1, 0.15) is 43.7 Å². The number of nitrogens with zero attached hydrogens (tertiary/aromatic N) is 2. The summed E-state index contributed by atoms with van der Waals surface area (Å²) in [6.45, 7) is 7.74. The quantitative estimate of drug-likeness (QED) is 0.580. The van der Waals surface area contributed by atoms with Gasteiger partial charge in [0, 0.05) is 17.7 Å². The van der Waals surface area contributed by atoms with E-state index in [1.54, 1.807) is 6.20 Å². The van der Waals surface area contributed by atoms with Crippen LogP contribution in [0.2, 0.25) is 0 Å². The van der Waals surface area contributed by atoms with Crippen LogP contribution in [-0.2, 0) is 6.54 Å². The summed E-state index contributed by atoms with van der Waals surface area (Å²) in [5.74, 6) is 1.65. The van der Waals surface area contributed by atoms with Crippen LogP contribution in [0.4, 0.5) is 0 Å². The lowest BCUT2D eigenvalue weighted by molar-refractivity contribution is 0.208. The van der Waals surface area contributed by atoms with Gasteiger partial charge in [-0.25, -0.2) is 9.97 Å². The fourth-order valence-corrected chi connectivity index (χ4v) is 3.93. The molecule has 0 bridgehead atoms. The van der Waals surface area contributed by atoms with E-state index >= 15 is 0 Å². The highest BCUT2D eigenvalue weighted by atomic mass is 16.5. The Morgan fingerprint density at radius 3 is 2.26 bits per heavy atom. The molecule has 1 aromatic heterocycles. The van der Waals surface area contributed by atoms with E-state index in [4.69, 9.17) is 20.4 Å². The molecule has 1 saturated heterocycles. The van der Waals surface area contributed by atoms with Crippen LogP contribution in [0.25, 0.3) is 22.5 Å². The molecule has 1 aliphatic heterocycles. The molecule has 4 rings (SSSR count). The van der Waals surface area contributed by atoms with E-state index in [0.717, 1.165) is 54.0 Å². The third kappa shape index (κ3) is 5.30. The molecule has 31 heavy (non-hydrogen) atoms. The fraction of sp³-hybridized carbons (Fsp3) is 0.385. The van der Waals surface area contributed by atoms with Crippen LogP contribution in [0, 0.1) is 5.92 Å². The number of rotatable bonds is 7. The average molecular weight is 417 g/mol. The van der Waals surface area contributed by atoms with Gasteiger partial charge in [0.05, 0.1) is 18.5 Å². The maximum absolute atomic E-state index is 6.08. The van der Waals surface area contributed by atoms with Crippen LogP contribution >= 0.6 is 0 Å². The molecule has 0 spiro atoms. The van der Waals surface area contributed by atoms with Gasteiger partial charge in [-0.2, -0.15) is 0 Å². The molecule has 2 aromatic carbocycles. The topological polar surface area (TPSA) is 73.1 Å². The summed E-state index contributed by atoms with van der Waals surface area (Å²) in [4.78, 5) is 9.67. The minimum Gasteiger partial charge on any atom is -0.476 e. The predicted octanol–water partition coefficient (Wildman–Crippen LogP) is 4.77. The number of aromatic nitrogens is 2. The van der Waals surface area contributed by atoms with E-state index in [0.29, 0.717) is 30.9 Å². The molecule has 3 aromatic rings. The summed E-state index contributed by atoms with van der Waals surface area (Å²) in [6, 6.07) is 16.8. The molecule has 1 fully saturated rings. The van der Waals surface area contributed by atoms with Gasteiger partial charge in [0.15, 0.2) is 0 Å². The Balaban J connectivity index is 1.66. The van der Waals surface area contributed by atoms with Gasteiger partial charge in [-0.1, -0.05) is 62.4 Å². The first-order valence-electron chi connectivity index (χ1n) is 11.2. The number of benzene rings is 2. The minimum atomic E-state index is 0.489. The third-order valence-electron chi connectivity index (χ3n) is 5.99. The van der Waals surface area contributed by atoms with Crippen molar-refractivity contribution < 1.29 is 4.74 Å². The zero-order valence-corrected chi connectivity index (χ0v) is 18.5. The number of ether oxygens (including phenoxy) is 1. The summed E-state index contributed by atoms with van der Waals surface area (Å²) < 4.78 is 6.08. The van der Waals surface area contributed by atoms with Crippen LogP contribution in [0.5, 0.6) is 5.88 Å². The molecular formula is C26H32N4O. The Morgan fingerprint density at radius 1 is 0.968 bits per heavy atom. The number of nitrogens with one attached hydrogen (secondary N) is 1. The highest BCUT2D eigenvalue weighted by molar-refractivity contribution is 5.78. The second-order valence-electron chi connectivity index (χ2n) is 8.59. The highest BCUT2D eigenvalue weighted by Crippen LogP contribution is 2.31. The zero-order valence-electron chi connectivity index (χ0n) is 18.5.